The maximum absolute atomic E-state index is 13.4. The molecule has 0 unspecified atom stereocenters. The van der Waals surface area contributed by atoms with Gasteiger partial charge >= 0.3 is 6.09 Å². The number of carbonyl (C=O) groups excluding carboxylic acids is 3. The van der Waals surface area contributed by atoms with Crippen molar-refractivity contribution in [2.75, 3.05) is 37.4 Å². The van der Waals surface area contributed by atoms with E-state index < -0.39 is 18.0 Å². The van der Waals surface area contributed by atoms with Gasteiger partial charge in [0, 0.05) is 53.2 Å². The van der Waals surface area contributed by atoms with E-state index >= 15 is 0 Å². The van der Waals surface area contributed by atoms with Crippen molar-refractivity contribution in [2.45, 2.75) is 18.9 Å². The van der Waals surface area contributed by atoms with Crippen LogP contribution >= 0.6 is 11.6 Å². The van der Waals surface area contributed by atoms with Crippen LogP contribution in [-0.2, 0) is 14.3 Å². The summed E-state index contributed by atoms with van der Waals surface area (Å²) in [5.74, 6) is 0.179. The van der Waals surface area contributed by atoms with E-state index in [9.17, 15) is 14.4 Å². The van der Waals surface area contributed by atoms with E-state index in [0.29, 0.717) is 53.1 Å². The highest BCUT2D eigenvalue weighted by molar-refractivity contribution is 6.30. The number of hydrogen-bond acceptors (Lipinski definition) is 9. The summed E-state index contributed by atoms with van der Waals surface area (Å²) in [4.78, 5) is 48.1. The number of benzene rings is 2. The lowest BCUT2D eigenvalue weighted by Crippen LogP contribution is -2.35. The van der Waals surface area contributed by atoms with Gasteiger partial charge in [-0.2, -0.15) is 4.68 Å². The highest BCUT2D eigenvalue weighted by Crippen LogP contribution is 2.32. The molecule has 4 N–H and O–H groups in total. The maximum atomic E-state index is 13.4. The van der Waals surface area contributed by atoms with Gasteiger partial charge in [-0.15, -0.1) is 5.10 Å². The average Bonchev–Trinajstić information content (AvgIpc) is 3.81. The van der Waals surface area contributed by atoms with Crippen LogP contribution in [0.2, 0.25) is 5.02 Å². The van der Waals surface area contributed by atoms with Gasteiger partial charge in [0.2, 0.25) is 11.8 Å². The third-order valence-electron chi connectivity index (χ3n) is 7.58. The number of ether oxygens (including phenoxy) is 1. The summed E-state index contributed by atoms with van der Waals surface area (Å²) in [6, 6.07) is 9.89. The molecule has 0 spiro atoms. The van der Waals surface area contributed by atoms with Gasteiger partial charge in [-0.05, 0) is 65.2 Å². The fourth-order valence-electron chi connectivity index (χ4n) is 5.35. The number of carbonyl (C=O) groups is 3. The van der Waals surface area contributed by atoms with E-state index in [4.69, 9.17) is 16.3 Å². The van der Waals surface area contributed by atoms with Crippen molar-refractivity contribution in [3.05, 3.63) is 71.4 Å². The molecule has 15 heteroatoms. The van der Waals surface area contributed by atoms with E-state index in [1.165, 1.54) is 24.2 Å². The largest absolute Gasteiger partial charge is 0.453 e. The minimum atomic E-state index is -0.719. The van der Waals surface area contributed by atoms with Crippen LogP contribution in [0.15, 0.2) is 55.0 Å². The van der Waals surface area contributed by atoms with E-state index in [0.717, 1.165) is 17.7 Å². The first-order valence-electron chi connectivity index (χ1n) is 13.9. The number of methoxy groups -OCH3 is 1. The number of nitrogens with zero attached hydrogens (tertiary/aromatic N) is 6. The number of nitrogens with one attached hydrogen (secondary N) is 4. The Morgan fingerprint density at radius 2 is 2.09 bits per heavy atom. The molecule has 2 aliphatic rings. The number of aromatic nitrogens is 6. The standard InChI is InChI=1S/C29H29ClN10O4/c1-44-29(43)34-20-4-5-21-22(11-20)31-13-17-8-9-39(15-17)27(42)12-23(28-32-14-24(21)36-28)35-26(41)7-2-18-10-19(30)3-6-25(18)40-16-33-37-38-40/h2-7,10-11,14,16-17,23,31H,8-9,12-13,15H2,1H3,(H,32,36)(H,34,43)(H,35,41)/t17-,23-/m0/s1. The summed E-state index contributed by atoms with van der Waals surface area (Å²) in [6.07, 6.45) is 6.40. The number of halogens is 1. The van der Waals surface area contributed by atoms with E-state index in [1.54, 1.807) is 36.5 Å². The molecule has 44 heavy (non-hydrogen) atoms. The molecule has 2 aromatic carbocycles. The van der Waals surface area contributed by atoms with Crippen molar-refractivity contribution in [3.63, 3.8) is 0 Å². The monoisotopic (exact) mass is 616 g/mol. The number of anilines is 2. The molecule has 4 heterocycles. The summed E-state index contributed by atoms with van der Waals surface area (Å²) < 4.78 is 6.20. The minimum absolute atomic E-state index is 0.0363. The number of aromatic amines is 1. The van der Waals surface area contributed by atoms with Crippen molar-refractivity contribution >= 4 is 47.0 Å². The van der Waals surface area contributed by atoms with Gasteiger partial charge in [0.15, 0.2) is 0 Å². The van der Waals surface area contributed by atoms with Crippen LogP contribution in [0.4, 0.5) is 16.2 Å². The molecule has 6 rings (SSSR count). The first kappa shape index (κ1) is 28.9. The fourth-order valence-corrected chi connectivity index (χ4v) is 5.53. The zero-order chi connectivity index (χ0) is 30.6. The Kier molecular flexibility index (Phi) is 8.23. The Morgan fingerprint density at radius 1 is 1.20 bits per heavy atom. The molecule has 4 aromatic rings. The maximum Gasteiger partial charge on any atom is 0.411 e. The number of hydrogen-bond donors (Lipinski definition) is 4. The Bertz CT molecular complexity index is 1720. The molecule has 1 saturated heterocycles. The Hall–Kier alpha value is -5.24. The number of H-pyrrole nitrogens is 1. The Balaban J connectivity index is 1.29. The second kappa shape index (κ2) is 12.6. The van der Waals surface area contributed by atoms with E-state index in [-0.39, 0.29) is 18.2 Å². The molecule has 0 radical (unpaired) electrons. The predicted molar refractivity (Wildman–Crippen MR) is 162 cm³/mol. The van der Waals surface area contributed by atoms with Gasteiger partial charge < -0.3 is 25.3 Å². The summed E-state index contributed by atoms with van der Waals surface area (Å²) in [5, 5.41) is 20.9. The lowest BCUT2D eigenvalue weighted by molar-refractivity contribution is -0.131. The number of tetrazole rings is 1. The fraction of sp³-hybridized carbons (Fsp3) is 0.276. The molecule has 14 nitrogen and oxygen atoms in total. The van der Waals surface area contributed by atoms with E-state index in [2.05, 4.69) is 41.4 Å². The summed E-state index contributed by atoms with van der Waals surface area (Å²) in [5.41, 5.74) is 4.11. The van der Waals surface area contributed by atoms with Crippen LogP contribution < -0.4 is 16.0 Å². The van der Waals surface area contributed by atoms with Crippen molar-refractivity contribution in [3.8, 4) is 16.9 Å². The normalized spacial score (nSPS) is 18.0. The first-order chi connectivity index (χ1) is 21.4. The SMILES string of the molecule is COC(=O)Nc1ccc2c(c1)NC[C@@H]1CCN(C1)C(=O)C[C@H](NC(=O)C=Cc1cc(Cl)ccc1-n1cnnn1)c1ncc-2[nH]1. The summed E-state index contributed by atoms with van der Waals surface area (Å²) in [6.45, 7) is 1.86. The van der Waals surface area contributed by atoms with Crippen LogP contribution in [-0.4, -0.2) is 79.7 Å². The van der Waals surface area contributed by atoms with Crippen molar-refractivity contribution < 1.29 is 19.1 Å². The molecule has 2 atom stereocenters. The Labute approximate surface area is 256 Å². The lowest BCUT2D eigenvalue weighted by Gasteiger charge is -2.21. The smallest absolute Gasteiger partial charge is 0.411 e. The van der Waals surface area contributed by atoms with E-state index in [1.807, 2.05) is 17.0 Å². The zero-order valence-electron chi connectivity index (χ0n) is 23.7. The van der Waals surface area contributed by atoms with Crippen molar-refractivity contribution in [1.82, 2.24) is 40.4 Å². The molecule has 0 saturated carbocycles. The first-order valence-corrected chi connectivity index (χ1v) is 14.3. The number of fused-ring (bicyclic) bond motifs is 6. The predicted octanol–water partition coefficient (Wildman–Crippen LogP) is 3.42. The van der Waals surface area contributed by atoms with Crippen LogP contribution in [0, 0.1) is 5.92 Å². The molecule has 2 aliphatic heterocycles. The average molecular weight is 617 g/mol. The van der Waals surface area contributed by atoms with Gasteiger partial charge in [-0.25, -0.2) is 9.78 Å². The van der Waals surface area contributed by atoms with Gasteiger partial charge in [-0.3, -0.25) is 14.9 Å². The summed E-state index contributed by atoms with van der Waals surface area (Å²) in [7, 11) is 1.31. The highest BCUT2D eigenvalue weighted by Gasteiger charge is 2.30. The van der Waals surface area contributed by atoms with Gasteiger partial charge in [0.1, 0.15) is 12.2 Å². The number of rotatable bonds is 5. The van der Waals surface area contributed by atoms with Crippen LogP contribution in [0.5, 0.6) is 0 Å². The molecule has 4 bridgehead atoms. The Morgan fingerprint density at radius 3 is 2.91 bits per heavy atom. The molecule has 1 fully saturated rings. The van der Waals surface area contributed by atoms with Crippen LogP contribution in [0.1, 0.15) is 30.3 Å². The number of imidazole rings is 1. The van der Waals surface area contributed by atoms with Crippen molar-refractivity contribution in [2.24, 2.45) is 5.92 Å². The zero-order valence-corrected chi connectivity index (χ0v) is 24.4. The summed E-state index contributed by atoms with van der Waals surface area (Å²) >= 11 is 6.22. The van der Waals surface area contributed by atoms with Crippen LogP contribution in [0.3, 0.4) is 0 Å². The molecular formula is C29H29ClN10O4. The van der Waals surface area contributed by atoms with Gasteiger partial charge in [0.25, 0.3) is 0 Å². The third kappa shape index (κ3) is 6.39. The van der Waals surface area contributed by atoms with Crippen LogP contribution in [0.25, 0.3) is 23.0 Å². The molecule has 2 aromatic heterocycles. The van der Waals surface area contributed by atoms with Crippen molar-refractivity contribution in [1.29, 1.82) is 0 Å². The topological polar surface area (TPSA) is 172 Å². The quantitative estimate of drug-likeness (QED) is 0.245. The minimum Gasteiger partial charge on any atom is -0.453 e. The second-order valence-corrected chi connectivity index (χ2v) is 10.9. The second-order valence-electron chi connectivity index (χ2n) is 10.5. The number of amides is 3. The molecular weight excluding hydrogens is 588 g/mol. The van der Waals surface area contributed by atoms with Gasteiger partial charge in [0.05, 0.1) is 37.2 Å². The third-order valence-corrected chi connectivity index (χ3v) is 7.82. The van der Waals surface area contributed by atoms with Gasteiger partial charge in [-0.1, -0.05) is 11.6 Å². The molecule has 3 amide bonds. The highest BCUT2D eigenvalue weighted by atomic mass is 35.5. The molecule has 226 valence electrons. The lowest BCUT2D eigenvalue weighted by atomic mass is 10.1. The molecule has 0 aliphatic carbocycles.